The van der Waals surface area contributed by atoms with Crippen LogP contribution in [0.5, 0.6) is 5.75 Å². The van der Waals surface area contributed by atoms with E-state index in [9.17, 15) is 14.7 Å². The Labute approximate surface area is 184 Å². The molecule has 0 aliphatic rings. The molecule has 1 amide bonds. The van der Waals surface area contributed by atoms with Crippen molar-refractivity contribution in [1.82, 2.24) is 9.97 Å². The summed E-state index contributed by atoms with van der Waals surface area (Å²) in [6.07, 6.45) is 0. The number of carbonyl (C=O) groups excluding carboxylic acids is 1. The number of anilines is 3. The Balaban J connectivity index is 1.51. The zero-order chi connectivity index (χ0) is 22.0. The molecule has 8 nitrogen and oxygen atoms in total. The van der Waals surface area contributed by atoms with E-state index in [2.05, 4.69) is 20.6 Å². The molecule has 0 aliphatic carbocycles. The molecule has 31 heavy (non-hydrogen) atoms. The Kier molecular flexibility index (Phi) is 5.65. The number of carboxylic acid groups (broad SMARTS) is 1. The highest BCUT2D eigenvalue weighted by Crippen LogP contribution is 2.35. The molecular weight excluding hydrogens is 436 g/mol. The molecule has 0 unspecified atom stereocenters. The molecule has 3 N–H and O–H groups in total. The number of benzene rings is 2. The lowest BCUT2D eigenvalue weighted by Gasteiger charge is -2.11. The zero-order valence-corrected chi connectivity index (χ0v) is 17.7. The molecule has 0 spiro atoms. The number of thiazole rings is 2. The minimum Gasteiger partial charge on any atom is -0.872 e. The number of carboxylic acids is 1. The van der Waals surface area contributed by atoms with E-state index < -0.39 is 11.7 Å². The molecule has 0 fully saturated rings. The topological polar surface area (TPSA) is 127 Å². The fourth-order valence-electron chi connectivity index (χ4n) is 2.78. The SMILES string of the molecule is Cc1nc(NC(=O)c2ccccc2)sc1-c1csc(Nc2ccc([O-])c(C(=O)O)c2)n1. The number of amides is 1. The van der Waals surface area contributed by atoms with Crippen LogP contribution in [0.4, 0.5) is 16.0 Å². The van der Waals surface area contributed by atoms with Crippen LogP contribution in [-0.2, 0) is 0 Å². The van der Waals surface area contributed by atoms with Crippen LogP contribution >= 0.6 is 22.7 Å². The lowest BCUT2D eigenvalue weighted by atomic mass is 10.2. The zero-order valence-electron chi connectivity index (χ0n) is 16.1. The molecule has 4 rings (SSSR count). The van der Waals surface area contributed by atoms with Crippen LogP contribution in [0.3, 0.4) is 0 Å². The molecule has 2 heterocycles. The van der Waals surface area contributed by atoms with Gasteiger partial charge in [0.05, 0.1) is 21.8 Å². The van der Waals surface area contributed by atoms with E-state index in [1.165, 1.54) is 40.9 Å². The first-order valence-electron chi connectivity index (χ1n) is 9.02. The van der Waals surface area contributed by atoms with Gasteiger partial charge < -0.3 is 15.5 Å². The van der Waals surface area contributed by atoms with Gasteiger partial charge in [-0.05, 0) is 31.2 Å². The largest absolute Gasteiger partial charge is 0.872 e. The van der Waals surface area contributed by atoms with E-state index in [0.29, 0.717) is 27.2 Å². The third-order valence-electron chi connectivity index (χ3n) is 4.25. The quantitative estimate of drug-likeness (QED) is 0.398. The lowest BCUT2D eigenvalue weighted by molar-refractivity contribution is -0.268. The van der Waals surface area contributed by atoms with Crippen LogP contribution in [0.15, 0.2) is 53.9 Å². The summed E-state index contributed by atoms with van der Waals surface area (Å²) in [6.45, 7) is 1.84. The summed E-state index contributed by atoms with van der Waals surface area (Å²) >= 11 is 2.65. The van der Waals surface area contributed by atoms with Crippen LogP contribution in [-0.4, -0.2) is 27.0 Å². The van der Waals surface area contributed by atoms with Gasteiger partial charge >= 0.3 is 5.97 Å². The van der Waals surface area contributed by atoms with Crippen molar-refractivity contribution in [1.29, 1.82) is 0 Å². The Morgan fingerprint density at radius 2 is 1.84 bits per heavy atom. The van der Waals surface area contributed by atoms with Crippen molar-refractivity contribution in [3.63, 3.8) is 0 Å². The van der Waals surface area contributed by atoms with Crippen molar-refractivity contribution in [3.8, 4) is 16.3 Å². The minimum atomic E-state index is -1.28. The van der Waals surface area contributed by atoms with Crippen LogP contribution < -0.4 is 15.7 Å². The third kappa shape index (κ3) is 4.55. The number of aryl methyl sites for hydroxylation is 1. The second-order valence-corrected chi connectivity index (χ2v) is 8.29. The van der Waals surface area contributed by atoms with E-state index in [4.69, 9.17) is 5.11 Å². The van der Waals surface area contributed by atoms with Crippen molar-refractivity contribution in [3.05, 3.63) is 70.7 Å². The normalized spacial score (nSPS) is 10.6. The van der Waals surface area contributed by atoms with Gasteiger partial charge in [-0.1, -0.05) is 41.4 Å². The highest BCUT2D eigenvalue weighted by atomic mass is 32.1. The van der Waals surface area contributed by atoms with Gasteiger partial charge in [0.1, 0.15) is 0 Å². The van der Waals surface area contributed by atoms with Gasteiger partial charge in [-0.25, -0.2) is 14.8 Å². The first-order chi connectivity index (χ1) is 14.9. The summed E-state index contributed by atoms with van der Waals surface area (Å²) in [5.41, 5.74) is 2.10. The maximum absolute atomic E-state index is 12.3. The number of aromatic nitrogens is 2. The molecule has 4 aromatic rings. The molecule has 0 saturated heterocycles. The summed E-state index contributed by atoms with van der Waals surface area (Å²) in [6, 6.07) is 12.9. The summed E-state index contributed by atoms with van der Waals surface area (Å²) in [4.78, 5) is 33.2. The molecule has 0 atom stereocenters. The number of carbonyl (C=O) groups is 2. The standard InChI is InChI=1S/C21H16N4O4S2/c1-11-17(31-21(22-11)25-18(27)12-5-3-2-4-6-12)15-10-30-20(24-15)23-13-7-8-16(26)14(9-13)19(28)29/h2-10,26H,1H3,(H,23,24)(H,28,29)(H,22,25,27)/p-1. The number of aromatic carboxylic acids is 1. The Bertz CT molecular complexity index is 1270. The van der Waals surface area contributed by atoms with E-state index in [1.807, 2.05) is 18.4 Å². The van der Waals surface area contributed by atoms with Crippen LogP contribution in [0.1, 0.15) is 26.4 Å². The monoisotopic (exact) mass is 451 g/mol. The second kappa shape index (κ2) is 8.54. The van der Waals surface area contributed by atoms with Crippen molar-refractivity contribution < 1.29 is 19.8 Å². The van der Waals surface area contributed by atoms with Crippen molar-refractivity contribution in [2.45, 2.75) is 6.92 Å². The molecule has 2 aromatic carbocycles. The summed E-state index contributed by atoms with van der Waals surface area (Å²) in [5.74, 6) is -2.07. The summed E-state index contributed by atoms with van der Waals surface area (Å²) in [5, 5.41) is 29.4. The summed E-state index contributed by atoms with van der Waals surface area (Å²) in [7, 11) is 0. The van der Waals surface area contributed by atoms with Gasteiger partial charge in [0.2, 0.25) is 0 Å². The van der Waals surface area contributed by atoms with Gasteiger partial charge in [0.15, 0.2) is 10.3 Å². The summed E-state index contributed by atoms with van der Waals surface area (Å²) < 4.78 is 0. The molecule has 0 bridgehead atoms. The average molecular weight is 452 g/mol. The van der Waals surface area contributed by atoms with Gasteiger partial charge in [-0.2, -0.15) is 0 Å². The molecule has 0 aliphatic heterocycles. The minimum absolute atomic E-state index is 0.238. The number of hydrogen-bond donors (Lipinski definition) is 3. The first kappa shape index (κ1) is 20.5. The highest BCUT2D eigenvalue weighted by molar-refractivity contribution is 7.20. The molecule has 156 valence electrons. The maximum atomic E-state index is 12.3. The molecule has 2 aromatic heterocycles. The highest BCUT2D eigenvalue weighted by Gasteiger charge is 2.16. The smallest absolute Gasteiger partial charge is 0.335 e. The van der Waals surface area contributed by atoms with Gasteiger partial charge in [-0.3, -0.25) is 10.1 Å². The number of nitrogens with one attached hydrogen (secondary N) is 2. The van der Waals surface area contributed by atoms with E-state index in [0.717, 1.165) is 10.6 Å². The van der Waals surface area contributed by atoms with Crippen molar-refractivity contribution in [2.24, 2.45) is 0 Å². The van der Waals surface area contributed by atoms with E-state index >= 15 is 0 Å². The maximum Gasteiger partial charge on any atom is 0.335 e. The lowest BCUT2D eigenvalue weighted by Crippen LogP contribution is -2.11. The van der Waals surface area contributed by atoms with Gasteiger partial charge in [0.25, 0.3) is 5.91 Å². The molecule has 0 saturated carbocycles. The second-order valence-electron chi connectivity index (χ2n) is 6.43. The van der Waals surface area contributed by atoms with E-state index in [1.54, 1.807) is 24.3 Å². The van der Waals surface area contributed by atoms with Crippen molar-refractivity contribution >= 4 is 50.5 Å². The average Bonchev–Trinajstić information content (AvgIpc) is 3.36. The molecular formula is C21H15N4O4S2-. The van der Waals surface area contributed by atoms with Crippen LogP contribution in [0.2, 0.25) is 0 Å². The fourth-order valence-corrected chi connectivity index (χ4v) is 4.50. The predicted molar refractivity (Wildman–Crippen MR) is 118 cm³/mol. The molecule has 0 radical (unpaired) electrons. The third-order valence-corrected chi connectivity index (χ3v) is 6.10. The van der Waals surface area contributed by atoms with Crippen molar-refractivity contribution in [2.75, 3.05) is 10.6 Å². The number of nitrogens with zero attached hydrogens (tertiary/aromatic N) is 2. The predicted octanol–water partition coefficient (Wildman–Crippen LogP) is 4.34. The van der Waals surface area contributed by atoms with E-state index in [-0.39, 0.29) is 11.5 Å². The number of hydrogen-bond acceptors (Lipinski definition) is 8. The fraction of sp³-hybridized carbons (Fsp3) is 0.0476. The van der Waals surface area contributed by atoms with Crippen LogP contribution in [0.25, 0.3) is 10.6 Å². The Morgan fingerprint density at radius 3 is 2.58 bits per heavy atom. The molecule has 10 heteroatoms. The van der Waals surface area contributed by atoms with Gasteiger partial charge in [0, 0.05) is 16.6 Å². The Morgan fingerprint density at radius 1 is 1.06 bits per heavy atom. The number of rotatable bonds is 6. The Hall–Kier alpha value is -3.76. The van der Waals surface area contributed by atoms with Gasteiger partial charge in [-0.15, -0.1) is 11.3 Å². The first-order valence-corrected chi connectivity index (χ1v) is 10.7. The van der Waals surface area contributed by atoms with Crippen LogP contribution in [0, 0.1) is 6.92 Å².